The highest BCUT2D eigenvalue weighted by molar-refractivity contribution is 7.91. The highest BCUT2D eigenvalue weighted by Gasteiger charge is 2.32. The van der Waals surface area contributed by atoms with E-state index in [4.69, 9.17) is 5.73 Å². The number of piperidine rings is 1. The Balaban J connectivity index is 2.54. The van der Waals surface area contributed by atoms with Crippen LogP contribution in [-0.4, -0.2) is 48.8 Å². The van der Waals surface area contributed by atoms with Crippen LogP contribution in [0, 0.1) is 0 Å². The molecule has 120 valence electrons. The first-order valence-corrected chi connectivity index (χ1v) is 8.93. The van der Waals surface area contributed by atoms with Gasteiger partial charge < -0.3 is 15.7 Å². The Bertz CT molecular complexity index is 623. The average molecular weight is 316 g/mol. The van der Waals surface area contributed by atoms with E-state index in [1.165, 1.54) is 0 Å². The standard InChI is InChI=1S/C13H24N4O3S/c1-13(2,3)17-11(14)10(21(4,19)20)12(15-17)16-7-5-9(18)6-8-16/h9,18H,5-8,14H2,1-4H3. The zero-order valence-electron chi connectivity index (χ0n) is 13.0. The third kappa shape index (κ3) is 3.16. The Morgan fingerprint density at radius 2 is 1.81 bits per heavy atom. The molecule has 1 aliphatic rings. The minimum absolute atomic E-state index is 0.0915. The van der Waals surface area contributed by atoms with Crippen LogP contribution >= 0.6 is 0 Å². The maximum Gasteiger partial charge on any atom is 0.182 e. The topological polar surface area (TPSA) is 101 Å². The Labute approximate surface area is 125 Å². The molecule has 1 aromatic heterocycles. The van der Waals surface area contributed by atoms with Crippen molar-refractivity contribution >= 4 is 21.5 Å². The Kier molecular flexibility index (Phi) is 3.96. The molecule has 1 aromatic rings. The Morgan fingerprint density at radius 3 is 2.24 bits per heavy atom. The van der Waals surface area contributed by atoms with Crippen LogP contribution in [-0.2, 0) is 15.4 Å². The summed E-state index contributed by atoms with van der Waals surface area (Å²) < 4.78 is 25.8. The molecule has 2 heterocycles. The lowest BCUT2D eigenvalue weighted by Crippen LogP contribution is -2.37. The van der Waals surface area contributed by atoms with Gasteiger partial charge in [0.1, 0.15) is 5.82 Å². The van der Waals surface area contributed by atoms with Crippen LogP contribution in [0.2, 0.25) is 0 Å². The maximum absolute atomic E-state index is 12.1. The molecule has 21 heavy (non-hydrogen) atoms. The van der Waals surface area contributed by atoms with Crippen LogP contribution in [0.3, 0.4) is 0 Å². The molecule has 7 nitrogen and oxygen atoms in total. The zero-order chi connectivity index (χ0) is 16.0. The smallest absolute Gasteiger partial charge is 0.182 e. The molecule has 1 aliphatic heterocycles. The first kappa shape index (κ1) is 16.1. The van der Waals surface area contributed by atoms with Crippen LogP contribution in [0.4, 0.5) is 11.6 Å². The number of nitrogen functional groups attached to an aromatic ring is 1. The number of nitrogens with zero attached hydrogens (tertiary/aromatic N) is 3. The van der Waals surface area contributed by atoms with E-state index in [0.29, 0.717) is 31.7 Å². The molecule has 0 aromatic carbocycles. The van der Waals surface area contributed by atoms with Crippen molar-refractivity contribution in [3.63, 3.8) is 0 Å². The van der Waals surface area contributed by atoms with Crippen molar-refractivity contribution in [2.45, 2.75) is 50.2 Å². The summed E-state index contributed by atoms with van der Waals surface area (Å²) in [6.45, 7) is 6.92. The number of aliphatic hydroxyl groups is 1. The SMILES string of the molecule is CC(C)(C)n1nc(N2CCC(O)CC2)c(S(C)(=O)=O)c1N. The van der Waals surface area contributed by atoms with Crippen molar-refractivity contribution in [2.75, 3.05) is 30.0 Å². The highest BCUT2D eigenvalue weighted by atomic mass is 32.2. The molecule has 1 saturated heterocycles. The predicted octanol–water partition coefficient (Wildman–Crippen LogP) is 0.585. The zero-order valence-corrected chi connectivity index (χ0v) is 13.8. The summed E-state index contributed by atoms with van der Waals surface area (Å²) in [5, 5.41) is 14.0. The fourth-order valence-electron chi connectivity index (χ4n) is 2.56. The second-order valence-electron chi connectivity index (χ2n) is 6.61. The minimum atomic E-state index is -3.48. The molecule has 0 amide bonds. The van der Waals surface area contributed by atoms with Crippen LogP contribution in [0.5, 0.6) is 0 Å². The molecule has 0 bridgehead atoms. The van der Waals surface area contributed by atoms with Gasteiger partial charge in [0.25, 0.3) is 0 Å². The summed E-state index contributed by atoms with van der Waals surface area (Å²) in [5.41, 5.74) is 5.65. The molecule has 0 unspecified atom stereocenters. The predicted molar refractivity (Wildman–Crippen MR) is 82.2 cm³/mol. The molecule has 0 saturated carbocycles. The third-order valence-corrected chi connectivity index (χ3v) is 4.76. The molecule has 1 fully saturated rings. The van der Waals surface area contributed by atoms with Crippen molar-refractivity contribution in [3.8, 4) is 0 Å². The van der Waals surface area contributed by atoms with Gasteiger partial charge in [0.15, 0.2) is 20.6 Å². The van der Waals surface area contributed by atoms with E-state index >= 15 is 0 Å². The molecule has 2 rings (SSSR count). The van der Waals surface area contributed by atoms with E-state index in [-0.39, 0.29) is 16.8 Å². The summed E-state index contributed by atoms with van der Waals surface area (Å²) in [7, 11) is -3.48. The van der Waals surface area contributed by atoms with Crippen LogP contribution in [0.15, 0.2) is 4.90 Å². The van der Waals surface area contributed by atoms with E-state index in [2.05, 4.69) is 5.10 Å². The van der Waals surface area contributed by atoms with Gasteiger partial charge in [-0.3, -0.25) is 0 Å². The van der Waals surface area contributed by atoms with Crippen LogP contribution in [0.1, 0.15) is 33.6 Å². The van der Waals surface area contributed by atoms with Gasteiger partial charge in [0, 0.05) is 19.3 Å². The van der Waals surface area contributed by atoms with Gasteiger partial charge in [0.2, 0.25) is 0 Å². The highest BCUT2D eigenvalue weighted by Crippen LogP contribution is 2.34. The number of rotatable bonds is 2. The Morgan fingerprint density at radius 1 is 1.29 bits per heavy atom. The molecule has 0 atom stereocenters. The molecule has 0 spiro atoms. The third-order valence-electron chi connectivity index (χ3n) is 3.63. The van der Waals surface area contributed by atoms with Crippen molar-refractivity contribution in [2.24, 2.45) is 0 Å². The molecular weight excluding hydrogens is 292 g/mol. The van der Waals surface area contributed by atoms with Crippen molar-refractivity contribution in [3.05, 3.63) is 0 Å². The van der Waals surface area contributed by atoms with Gasteiger partial charge in [-0.05, 0) is 33.6 Å². The number of hydrogen-bond acceptors (Lipinski definition) is 6. The second-order valence-corrected chi connectivity index (χ2v) is 8.56. The number of nitrogens with two attached hydrogens (primary N) is 1. The largest absolute Gasteiger partial charge is 0.393 e. The number of hydrogen-bond donors (Lipinski definition) is 2. The monoisotopic (exact) mass is 316 g/mol. The van der Waals surface area contributed by atoms with Gasteiger partial charge in [0.05, 0.1) is 11.6 Å². The lowest BCUT2D eigenvalue weighted by molar-refractivity contribution is 0.145. The number of aromatic nitrogens is 2. The number of sulfone groups is 1. The molecule has 0 radical (unpaired) electrons. The van der Waals surface area contributed by atoms with Crippen molar-refractivity contribution in [1.82, 2.24) is 9.78 Å². The Hall–Kier alpha value is -1.28. The summed E-state index contributed by atoms with van der Waals surface area (Å²) in [5.74, 6) is 0.572. The number of anilines is 2. The fraction of sp³-hybridized carbons (Fsp3) is 0.769. The van der Waals surface area contributed by atoms with Gasteiger partial charge in [-0.15, -0.1) is 0 Å². The molecule has 3 N–H and O–H groups in total. The van der Waals surface area contributed by atoms with E-state index < -0.39 is 15.4 Å². The second kappa shape index (κ2) is 5.17. The van der Waals surface area contributed by atoms with Gasteiger partial charge in [-0.1, -0.05) is 0 Å². The van der Waals surface area contributed by atoms with Gasteiger partial charge in [-0.2, -0.15) is 5.10 Å². The summed E-state index contributed by atoms with van der Waals surface area (Å²) >= 11 is 0. The summed E-state index contributed by atoms with van der Waals surface area (Å²) in [6.07, 6.45) is 2.03. The fourth-order valence-corrected chi connectivity index (χ4v) is 3.52. The van der Waals surface area contributed by atoms with Gasteiger partial charge in [-0.25, -0.2) is 13.1 Å². The average Bonchev–Trinajstić information content (AvgIpc) is 2.67. The van der Waals surface area contributed by atoms with Crippen LogP contribution < -0.4 is 10.6 Å². The van der Waals surface area contributed by atoms with E-state index in [9.17, 15) is 13.5 Å². The minimum Gasteiger partial charge on any atom is -0.393 e. The maximum atomic E-state index is 12.1. The first-order valence-electron chi connectivity index (χ1n) is 7.04. The lowest BCUT2D eigenvalue weighted by atomic mass is 10.1. The first-order chi connectivity index (χ1) is 9.51. The molecule has 8 heteroatoms. The van der Waals surface area contributed by atoms with E-state index in [1.807, 2.05) is 25.7 Å². The quantitative estimate of drug-likeness (QED) is 0.828. The molecular formula is C13H24N4O3S. The van der Waals surface area contributed by atoms with Crippen LogP contribution in [0.25, 0.3) is 0 Å². The van der Waals surface area contributed by atoms with E-state index in [0.717, 1.165) is 6.26 Å². The normalized spacial score (nSPS) is 18.2. The van der Waals surface area contributed by atoms with Crippen molar-refractivity contribution < 1.29 is 13.5 Å². The van der Waals surface area contributed by atoms with E-state index in [1.54, 1.807) is 4.68 Å². The summed E-state index contributed by atoms with van der Waals surface area (Å²) in [4.78, 5) is 1.98. The van der Waals surface area contributed by atoms with Gasteiger partial charge >= 0.3 is 0 Å². The van der Waals surface area contributed by atoms with Crippen molar-refractivity contribution in [1.29, 1.82) is 0 Å². The lowest BCUT2D eigenvalue weighted by Gasteiger charge is -2.30. The molecule has 0 aliphatic carbocycles. The number of aliphatic hydroxyl groups excluding tert-OH is 1. The summed E-state index contributed by atoms with van der Waals surface area (Å²) in [6, 6.07) is 0.